The van der Waals surface area contributed by atoms with Crippen LogP contribution in [-0.4, -0.2) is 36.3 Å². The molecule has 3 N–H and O–H groups in total. The van der Waals surface area contributed by atoms with Gasteiger partial charge in [-0.05, 0) is 43.6 Å². The van der Waals surface area contributed by atoms with Gasteiger partial charge in [-0.3, -0.25) is 14.5 Å². The quantitative estimate of drug-likeness (QED) is 0.855. The lowest BCUT2D eigenvalue weighted by molar-refractivity contribution is -0.124. The summed E-state index contributed by atoms with van der Waals surface area (Å²) < 4.78 is 13.0. The lowest BCUT2D eigenvalue weighted by atomic mass is 9.96. The number of piperidine rings is 1. The van der Waals surface area contributed by atoms with E-state index in [2.05, 4.69) is 5.32 Å². The van der Waals surface area contributed by atoms with Crippen molar-refractivity contribution in [3.05, 3.63) is 34.6 Å². The molecule has 0 bridgehead atoms. The smallest absolute Gasteiger partial charge is 0.234 e. The van der Waals surface area contributed by atoms with E-state index in [0.717, 1.165) is 5.56 Å². The fourth-order valence-corrected chi connectivity index (χ4v) is 2.69. The van der Waals surface area contributed by atoms with Crippen molar-refractivity contribution in [3.8, 4) is 0 Å². The van der Waals surface area contributed by atoms with Crippen molar-refractivity contribution in [2.75, 3.05) is 19.6 Å². The third kappa shape index (κ3) is 4.68. The van der Waals surface area contributed by atoms with Crippen molar-refractivity contribution < 1.29 is 14.0 Å². The molecule has 22 heavy (non-hydrogen) atoms. The molecule has 0 aliphatic carbocycles. The summed E-state index contributed by atoms with van der Waals surface area (Å²) in [5.74, 6) is -0.940. The zero-order chi connectivity index (χ0) is 16.1. The summed E-state index contributed by atoms with van der Waals surface area (Å²) in [7, 11) is 0. The highest BCUT2D eigenvalue weighted by atomic mass is 35.5. The molecule has 1 aliphatic rings. The van der Waals surface area contributed by atoms with Gasteiger partial charge in [-0.15, -0.1) is 0 Å². The number of carbonyl (C=O) groups is 2. The largest absolute Gasteiger partial charge is 0.369 e. The number of hydrogen-bond acceptors (Lipinski definition) is 3. The molecule has 1 fully saturated rings. The Morgan fingerprint density at radius 2 is 2.05 bits per heavy atom. The zero-order valence-corrected chi connectivity index (χ0v) is 12.9. The highest BCUT2D eigenvalue weighted by molar-refractivity contribution is 6.30. The van der Waals surface area contributed by atoms with Gasteiger partial charge in [0.15, 0.2) is 0 Å². The van der Waals surface area contributed by atoms with Crippen molar-refractivity contribution in [2.24, 2.45) is 11.7 Å². The molecule has 1 aliphatic heterocycles. The van der Waals surface area contributed by atoms with E-state index in [0.29, 0.717) is 32.5 Å². The number of carbonyl (C=O) groups excluding carboxylic acids is 2. The van der Waals surface area contributed by atoms with Gasteiger partial charge in [0, 0.05) is 12.5 Å². The van der Waals surface area contributed by atoms with Crippen molar-refractivity contribution in [3.63, 3.8) is 0 Å². The first-order chi connectivity index (χ1) is 10.5. The van der Waals surface area contributed by atoms with Crippen molar-refractivity contribution in [1.29, 1.82) is 0 Å². The molecule has 2 rings (SSSR count). The molecule has 7 heteroatoms. The average Bonchev–Trinajstić information content (AvgIpc) is 2.49. The summed E-state index contributed by atoms with van der Waals surface area (Å²) in [6.45, 7) is 1.95. The van der Waals surface area contributed by atoms with E-state index in [4.69, 9.17) is 17.3 Å². The van der Waals surface area contributed by atoms with Crippen LogP contribution in [0, 0.1) is 11.7 Å². The maximum atomic E-state index is 13.0. The Labute approximate surface area is 133 Å². The van der Waals surface area contributed by atoms with Gasteiger partial charge >= 0.3 is 0 Å². The third-order valence-corrected chi connectivity index (χ3v) is 4.12. The summed E-state index contributed by atoms with van der Waals surface area (Å²) >= 11 is 5.69. The highest BCUT2D eigenvalue weighted by Gasteiger charge is 2.23. The summed E-state index contributed by atoms with van der Waals surface area (Å²) in [4.78, 5) is 25.0. The van der Waals surface area contributed by atoms with E-state index in [1.165, 1.54) is 12.1 Å². The summed E-state index contributed by atoms with van der Waals surface area (Å²) in [5.41, 5.74) is 6.02. The first-order valence-corrected chi connectivity index (χ1v) is 7.56. The zero-order valence-electron chi connectivity index (χ0n) is 12.1. The van der Waals surface area contributed by atoms with E-state index in [9.17, 15) is 14.0 Å². The van der Waals surface area contributed by atoms with E-state index < -0.39 is 5.82 Å². The Morgan fingerprint density at radius 3 is 2.64 bits per heavy atom. The van der Waals surface area contributed by atoms with Crippen LogP contribution in [-0.2, 0) is 16.1 Å². The molecule has 0 unspecified atom stereocenters. The van der Waals surface area contributed by atoms with Crippen LogP contribution in [0.3, 0.4) is 0 Å². The van der Waals surface area contributed by atoms with Gasteiger partial charge in [0.1, 0.15) is 5.82 Å². The van der Waals surface area contributed by atoms with Gasteiger partial charge in [-0.25, -0.2) is 4.39 Å². The number of halogens is 2. The van der Waals surface area contributed by atoms with Crippen LogP contribution in [0.25, 0.3) is 0 Å². The van der Waals surface area contributed by atoms with E-state index in [-0.39, 0.29) is 29.3 Å². The topological polar surface area (TPSA) is 75.4 Å². The second kappa shape index (κ2) is 7.56. The molecule has 0 aromatic heterocycles. The molecule has 1 aromatic rings. The van der Waals surface area contributed by atoms with Crippen LogP contribution in [0.4, 0.5) is 4.39 Å². The number of likely N-dealkylation sites (tertiary alicyclic amines) is 1. The molecule has 5 nitrogen and oxygen atoms in total. The molecule has 0 spiro atoms. The van der Waals surface area contributed by atoms with Crippen molar-refractivity contribution in [1.82, 2.24) is 10.2 Å². The van der Waals surface area contributed by atoms with E-state index in [1.54, 1.807) is 6.07 Å². The molecule has 0 atom stereocenters. The first kappa shape index (κ1) is 16.7. The van der Waals surface area contributed by atoms with Crippen LogP contribution >= 0.6 is 11.6 Å². The Morgan fingerprint density at radius 1 is 1.36 bits per heavy atom. The molecule has 0 saturated carbocycles. The number of hydrogen-bond donors (Lipinski definition) is 2. The minimum absolute atomic E-state index is 0.0419. The van der Waals surface area contributed by atoms with Gasteiger partial charge in [-0.2, -0.15) is 0 Å². The molecule has 1 heterocycles. The second-order valence-electron chi connectivity index (χ2n) is 5.48. The number of nitrogens with one attached hydrogen (secondary N) is 1. The fourth-order valence-electron chi connectivity index (χ4n) is 2.48. The molecule has 0 radical (unpaired) electrons. The molecule has 1 saturated heterocycles. The van der Waals surface area contributed by atoms with Gasteiger partial charge in [0.05, 0.1) is 11.6 Å². The molecular formula is C15H19ClFN3O2. The molecule has 2 amide bonds. The Bertz CT molecular complexity index is 560. The third-order valence-electron chi connectivity index (χ3n) is 3.83. The first-order valence-electron chi connectivity index (χ1n) is 7.18. The number of nitrogens with two attached hydrogens (primary N) is 1. The SMILES string of the molecule is NC(=O)C1CCN(CC(=O)NCc2ccc(F)c(Cl)c2)CC1. The van der Waals surface area contributed by atoms with Gasteiger partial charge < -0.3 is 11.1 Å². The Balaban J connectivity index is 1.74. The minimum atomic E-state index is -0.478. The van der Waals surface area contributed by atoms with Crippen LogP contribution in [0.15, 0.2) is 18.2 Å². The van der Waals surface area contributed by atoms with Crippen LogP contribution in [0.5, 0.6) is 0 Å². The predicted octanol–water partition coefficient (Wildman–Crippen LogP) is 1.29. The number of amides is 2. The van der Waals surface area contributed by atoms with E-state index in [1.807, 2.05) is 4.90 Å². The average molecular weight is 328 g/mol. The van der Waals surface area contributed by atoms with Crippen LogP contribution in [0.2, 0.25) is 5.02 Å². The van der Waals surface area contributed by atoms with Crippen LogP contribution in [0.1, 0.15) is 18.4 Å². The molecule has 120 valence electrons. The number of benzene rings is 1. The van der Waals surface area contributed by atoms with Gasteiger partial charge in [-0.1, -0.05) is 17.7 Å². The predicted molar refractivity (Wildman–Crippen MR) is 81.6 cm³/mol. The minimum Gasteiger partial charge on any atom is -0.369 e. The molecular weight excluding hydrogens is 309 g/mol. The van der Waals surface area contributed by atoms with E-state index >= 15 is 0 Å². The highest BCUT2D eigenvalue weighted by Crippen LogP contribution is 2.17. The Hall–Kier alpha value is -1.66. The van der Waals surface area contributed by atoms with Crippen LogP contribution < -0.4 is 11.1 Å². The number of nitrogens with zero attached hydrogens (tertiary/aromatic N) is 1. The summed E-state index contributed by atoms with van der Waals surface area (Å²) in [6.07, 6.45) is 1.38. The second-order valence-corrected chi connectivity index (χ2v) is 5.89. The normalized spacial score (nSPS) is 16.5. The molecule has 1 aromatic carbocycles. The monoisotopic (exact) mass is 327 g/mol. The Kier molecular flexibility index (Phi) is 5.74. The number of primary amides is 1. The van der Waals surface area contributed by atoms with Crippen molar-refractivity contribution >= 4 is 23.4 Å². The van der Waals surface area contributed by atoms with Gasteiger partial charge in [0.2, 0.25) is 11.8 Å². The standard InChI is InChI=1S/C15H19ClFN3O2/c16-12-7-10(1-2-13(12)17)8-19-14(21)9-20-5-3-11(4-6-20)15(18)22/h1-2,7,11H,3-6,8-9H2,(H2,18,22)(H,19,21). The van der Waals surface area contributed by atoms with Gasteiger partial charge in [0.25, 0.3) is 0 Å². The lowest BCUT2D eigenvalue weighted by Gasteiger charge is -2.29. The summed E-state index contributed by atoms with van der Waals surface area (Å²) in [5, 5.41) is 2.82. The van der Waals surface area contributed by atoms with Crippen molar-refractivity contribution in [2.45, 2.75) is 19.4 Å². The number of rotatable bonds is 5. The fraction of sp³-hybridized carbons (Fsp3) is 0.467. The maximum absolute atomic E-state index is 13.0. The lowest BCUT2D eigenvalue weighted by Crippen LogP contribution is -2.43. The maximum Gasteiger partial charge on any atom is 0.234 e. The summed E-state index contributed by atoms with van der Waals surface area (Å²) in [6, 6.07) is 4.35.